The van der Waals surface area contributed by atoms with E-state index in [1.165, 1.54) is 0 Å². The molecule has 2 aromatic carbocycles. The zero-order valence-electron chi connectivity index (χ0n) is 18.7. The highest BCUT2D eigenvalue weighted by atomic mass is 16.5. The van der Waals surface area contributed by atoms with Gasteiger partial charge >= 0.3 is 0 Å². The first-order valence-electron chi connectivity index (χ1n) is 10.9. The van der Waals surface area contributed by atoms with Crippen LogP contribution >= 0.6 is 0 Å². The van der Waals surface area contributed by atoms with Gasteiger partial charge in [-0.25, -0.2) is 0 Å². The van der Waals surface area contributed by atoms with Crippen molar-refractivity contribution in [2.75, 3.05) is 32.8 Å². The lowest BCUT2D eigenvalue weighted by Gasteiger charge is -2.28. The number of ketones is 1. The minimum atomic E-state index is -0.664. The number of amides is 1. The molecule has 3 rings (SSSR count). The van der Waals surface area contributed by atoms with Crippen molar-refractivity contribution in [3.05, 3.63) is 84.0 Å². The molecule has 0 aromatic heterocycles. The van der Waals surface area contributed by atoms with E-state index >= 15 is 0 Å². The fourth-order valence-electron chi connectivity index (χ4n) is 3.90. The molecule has 0 aliphatic carbocycles. The molecular formula is C26H30N2O4. The third-order valence-corrected chi connectivity index (χ3v) is 5.70. The van der Waals surface area contributed by atoms with Crippen LogP contribution in [0.2, 0.25) is 0 Å². The summed E-state index contributed by atoms with van der Waals surface area (Å²) in [4.78, 5) is 29.8. The maximum absolute atomic E-state index is 13.0. The van der Waals surface area contributed by atoms with Crippen molar-refractivity contribution in [3.8, 4) is 5.75 Å². The number of hydrogen-bond donors (Lipinski definition) is 1. The van der Waals surface area contributed by atoms with Crippen LogP contribution in [0.25, 0.3) is 5.76 Å². The van der Waals surface area contributed by atoms with Crippen molar-refractivity contribution in [1.82, 2.24) is 9.80 Å². The molecule has 0 spiro atoms. The van der Waals surface area contributed by atoms with Crippen molar-refractivity contribution in [3.63, 3.8) is 0 Å². The van der Waals surface area contributed by atoms with Crippen molar-refractivity contribution in [2.45, 2.75) is 19.9 Å². The number of aliphatic hydroxyl groups excluding tert-OH is 1. The van der Waals surface area contributed by atoms with Crippen LogP contribution in [0.4, 0.5) is 0 Å². The van der Waals surface area contributed by atoms with E-state index in [4.69, 9.17) is 4.74 Å². The molecule has 1 N–H and O–H groups in total. The molecule has 1 heterocycles. The molecule has 1 aliphatic heterocycles. The van der Waals surface area contributed by atoms with Gasteiger partial charge in [-0.05, 0) is 42.9 Å². The Morgan fingerprint density at radius 1 is 1.09 bits per heavy atom. The van der Waals surface area contributed by atoms with Gasteiger partial charge in [-0.3, -0.25) is 9.59 Å². The van der Waals surface area contributed by atoms with Crippen LogP contribution in [-0.4, -0.2) is 59.4 Å². The first-order chi connectivity index (χ1) is 15.5. The van der Waals surface area contributed by atoms with Gasteiger partial charge in [0.2, 0.25) is 0 Å². The number of rotatable bonds is 10. The van der Waals surface area contributed by atoms with Gasteiger partial charge in [-0.1, -0.05) is 56.8 Å². The molecule has 1 aliphatic rings. The van der Waals surface area contributed by atoms with E-state index in [9.17, 15) is 14.7 Å². The lowest BCUT2D eigenvalue weighted by molar-refractivity contribution is -0.140. The second kappa shape index (κ2) is 10.8. The molecule has 6 heteroatoms. The second-order valence-corrected chi connectivity index (χ2v) is 7.55. The minimum Gasteiger partial charge on any atom is -0.507 e. The topological polar surface area (TPSA) is 70.1 Å². The molecule has 6 nitrogen and oxygen atoms in total. The highest BCUT2D eigenvalue weighted by Gasteiger charge is 2.45. The number of Topliss-reactive ketones (excluding diaryl/α,β-unsaturated/α-hetero) is 1. The Bertz CT molecular complexity index is 979. The predicted molar refractivity (Wildman–Crippen MR) is 125 cm³/mol. The summed E-state index contributed by atoms with van der Waals surface area (Å²) in [5, 5.41) is 11.1. The van der Waals surface area contributed by atoms with Gasteiger partial charge in [0.15, 0.2) is 0 Å². The summed E-state index contributed by atoms with van der Waals surface area (Å²) < 4.78 is 5.49. The Morgan fingerprint density at radius 2 is 1.75 bits per heavy atom. The fourth-order valence-corrected chi connectivity index (χ4v) is 3.90. The normalized spacial score (nSPS) is 17.7. The molecule has 32 heavy (non-hydrogen) atoms. The molecule has 168 valence electrons. The summed E-state index contributed by atoms with van der Waals surface area (Å²) in [5.41, 5.74) is 1.36. The van der Waals surface area contributed by atoms with Crippen LogP contribution in [0, 0.1) is 0 Å². The third kappa shape index (κ3) is 4.92. The number of hydrogen-bond acceptors (Lipinski definition) is 5. The number of likely N-dealkylation sites (N-methyl/N-ethyl adjacent to an activating group) is 1. The van der Waals surface area contributed by atoms with Gasteiger partial charge in [0.1, 0.15) is 18.1 Å². The average molecular weight is 435 g/mol. The van der Waals surface area contributed by atoms with Gasteiger partial charge in [0, 0.05) is 18.7 Å². The Hall–Kier alpha value is -3.38. The highest BCUT2D eigenvalue weighted by molar-refractivity contribution is 6.46. The quantitative estimate of drug-likeness (QED) is 0.265. The van der Waals surface area contributed by atoms with E-state index in [0.717, 1.165) is 18.7 Å². The van der Waals surface area contributed by atoms with Crippen LogP contribution in [0.1, 0.15) is 31.0 Å². The molecule has 1 amide bonds. The van der Waals surface area contributed by atoms with Crippen molar-refractivity contribution < 1.29 is 19.4 Å². The molecule has 1 atom stereocenters. The van der Waals surface area contributed by atoms with Crippen LogP contribution in [0.3, 0.4) is 0 Å². The number of carbonyl (C=O) groups excluding carboxylic acids is 2. The van der Waals surface area contributed by atoms with Gasteiger partial charge in [0.25, 0.3) is 11.7 Å². The number of carbonyl (C=O) groups is 2. The Morgan fingerprint density at radius 3 is 2.34 bits per heavy atom. The molecule has 1 unspecified atom stereocenters. The number of likely N-dealkylation sites (tertiary alicyclic amines) is 1. The van der Waals surface area contributed by atoms with Gasteiger partial charge in [-0.2, -0.15) is 0 Å². The standard InChI is InChI=1S/C26H30N2O4/c1-4-18-32-21-14-12-20(13-15-21)24(29)22-23(19-10-8-7-9-11-19)28(26(31)25(22)30)17-16-27(5-2)6-3/h4,7-15,23,29H,1,5-6,16-18H2,2-3H3/b24-22-. The summed E-state index contributed by atoms with van der Waals surface area (Å²) >= 11 is 0. The SMILES string of the molecule is C=CCOc1ccc(/C(O)=C2/C(=O)C(=O)N(CCN(CC)CC)C2c2ccccc2)cc1. The maximum Gasteiger partial charge on any atom is 0.295 e. The molecule has 0 bridgehead atoms. The fraction of sp³-hybridized carbons (Fsp3) is 0.308. The van der Waals surface area contributed by atoms with E-state index < -0.39 is 17.7 Å². The first-order valence-corrected chi connectivity index (χ1v) is 10.9. The summed E-state index contributed by atoms with van der Waals surface area (Å²) in [6.07, 6.45) is 1.65. The lowest BCUT2D eigenvalue weighted by atomic mass is 9.95. The van der Waals surface area contributed by atoms with Crippen LogP contribution < -0.4 is 4.74 Å². The van der Waals surface area contributed by atoms with Gasteiger partial charge in [0.05, 0.1) is 11.6 Å². The van der Waals surface area contributed by atoms with Crippen molar-refractivity contribution in [2.24, 2.45) is 0 Å². The zero-order valence-corrected chi connectivity index (χ0v) is 18.7. The molecular weight excluding hydrogens is 404 g/mol. The van der Waals surface area contributed by atoms with Crippen LogP contribution in [0.5, 0.6) is 5.75 Å². The molecule has 0 radical (unpaired) electrons. The number of benzene rings is 2. The van der Waals surface area contributed by atoms with Gasteiger partial charge in [-0.15, -0.1) is 0 Å². The Labute approximate surface area is 189 Å². The average Bonchev–Trinajstić information content (AvgIpc) is 3.08. The lowest BCUT2D eigenvalue weighted by Crippen LogP contribution is -2.38. The van der Waals surface area contributed by atoms with Crippen molar-refractivity contribution >= 4 is 17.4 Å². The molecule has 2 aromatic rings. The molecule has 1 saturated heterocycles. The summed E-state index contributed by atoms with van der Waals surface area (Å²) in [5.74, 6) is -0.806. The second-order valence-electron chi connectivity index (χ2n) is 7.55. The first kappa shape index (κ1) is 23.3. The van der Waals surface area contributed by atoms with Gasteiger partial charge < -0.3 is 19.6 Å². The van der Waals surface area contributed by atoms with Crippen LogP contribution in [-0.2, 0) is 9.59 Å². The van der Waals surface area contributed by atoms with E-state index in [1.54, 1.807) is 35.2 Å². The zero-order chi connectivity index (χ0) is 23.1. The summed E-state index contributed by atoms with van der Waals surface area (Å²) in [6, 6.07) is 15.5. The smallest absolute Gasteiger partial charge is 0.295 e. The van der Waals surface area contributed by atoms with Crippen LogP contribution in [0.15, 0.2) is 72.8 Å². The molecule has 1 fully saturated rings. The van der Waals surface area contributed by atoms with Crippen molar-refractivity contribution in [1.29, 1.82) is 0 Å². The number of ether oxygens (including phenoxy) is 1. The monoisotopic (exact) mass is 434 g/mol. The highest BCUT2D eigenvalue weighted by Crippen LogP contribution is 2.39. The predicted octanol–water partition coefficient (Wildman–Crippen LogP) is 4.01. The summed E-state index contributed by atoms with van der Waals surface area (Å²) in [6.45, 7) is 10.9. The summed E-state index contributed by atoms with van der Waals surface area (Å²) in [7, 11) is 0. The third-order valence-electron chi connectivity index (χ3n) is 5.70. The Balaban J connectivity index is 2.00. The van der Waals surface area contributed by atoms with E-state index in [0.29, 0.717) is 31.0 Å². The Kier molecular flexibility index (Phi) is 7.84. The minimum absolute atomic E-state index is 0.112. The van der Waals surface area contributed by atoms with E-state index in [2.05, 4.69) is 25.3 Å². The van der Waals surface area contributed by atoms with E-state index in [-0.39, 0.29) is 11.3 Å². The molecule has 0 saturated carbocycles. The maximum atomic E-state index is 13.0. The van der Waals surface area contributed by atoms with E-state index in [1.807, 2.05) is 30.3 Å². The number of nitrogens with zero attached hydrogens (tertiary/aromatic N) is 2. The largest absolute Gasteiger partial charge is 0.507 e. The number of aliphatic hydroxyl groups is 1.